The van der Waals surface area contributed by atoms with Crippen LogP contribution in [0.2, 0.25) is 24.2 Å². The minimum Gasteiger partial charge on any atom is -0.0678 e. The highest BCUT2D eigenvalue weighted by atomic mass is 28.3. The molecule has 0 aliphatic heterocycles. The molecule has 1 radical (unpaired) electrons. The lowest BCUT2D eigenvalue weighted by Gasteiger charge is -2.28. The van der Waals surface area contributed by atoms with Gasteiger partial charge in [-0.15, -0.1) is 0 Å². The summed E-state index contributed by atoms with van der Waals surface area (Å²) < 4.78 is 0. The van der Waals surface area contributed by atoms with Crippen molar-refractivity contribution in [2.24, 2.45) is 0 Å². The van der Waals surface area contributed by atoms with Crippen molar-refractivity contribution in [1.29, 1.82) is 0 Å². The van der Waals surface area contributed by atoms with E-state index in [4.69, 9.17) is 0 Å². The van der Waals surface area contributed by atoms with Crippen LogP contribution >= 0.6 is 0 Å². The van der Waals surface area contributed by atoms with Crippen LogP contribution in [-0.2, 0) is 0 Å². The van der Waals surface area contributed by atoms with Gasteiger partial charge in [0.25, 0.3) is 0 Å². The predicted molar refractivity (Wildman–Crippen MR) is 149 cm³/mol. The monoisotopic (exact) mass is 451 g/mol. The van der Waals surface area contributed by atoms with Gasteiger partial charge in [0.15, 0.2) is 0 Å². The second-order valence-corrected chi connectivity index (χ2v) is 16.2. The van der Waals surface area contributed by atoms with Gasteiger partial charge in [-0.2, -0.15) is 0 Å². The van der Waals surface area contributed by atoms with Gasteiger partial charge in [0, 0.05) is 0 Å². The van der Waals surface area contributed by atoms with Crippen LogP contribution in [0.3, 0.4) is 0 Å². The van der Waals surface area contributed by atoms with Crippen LogP contribution in [0.15, 0.2) is 0 Å². The highest BCUT2D eigenvalue weighted by molar-refractivity contribution is 6.79. The Morgan fingerprint density at radius 3 is 0.806 bits per heavy atom. The average molecular weight is 452 g/mol. The summed E-state index contributed by atoms with van der Waals surface area (Å²) in [7, 11) is -0.835. The molecule has 0 nitrogen and oxygen atoms in total. The third-order valence-electron chi connectivity index (χ3n) is 8.21. The van der Waals surface area contributed by atoms with E-state index in [2.05, 4.69) is 27.7 Å². The van der Waals surface area contributed by atoms with E-state index in [0.29, 0.717) is 0 Å². The van der Waals surface area contributed by atoms with Gasteiger partial charge in [0.1, 0.15) is 0 Å². The molecular weight excluding hydrogens is 388 g/mol. The molecule has 0 aromatic carbocycles. The molecule has 1 heteroatoms. The van der Waals surface area contributed by atoms with Crippen LogP contribution in [0.5, 0.6) is 0 Å². The van der Waals surface area contributed by atoms with Crippen LogP contribution < -0.4 is 0 Å². The van der Waals surface area contributed by atoms with Gasteiger partial charge in [-0.1, -0.05) is 193 Å². The number of hydrogen-bond acceptors (Lipinski definition) is 0. The normalized spacial score (nSPS) is 12.0. The second kappa shape index (κ2) is 24.9. The van der Waals surface area contributed by atoms with Crippen LogP contribution in [-0.4, -0.2) is 8.07 Å². The Kier molecular flexibility index (Phi) is 25.0. The maximum atomic E-state index is 3.92. The summed E-state index contributed by atoms with van der Waals surface area (Å²) in [5.74, 6) is 0. The molecule has 0 saturated carbocycles. The Labute approximate surface area is 201 Å². The number of hydrogen-bond donors (Lipinski definition) is 0. The Hall–Kier alpha value is 0.217. The van der Waals surface area contributed by atoms with E-state index in [9.17, 15) is 0 Å². The van der Waals surface area contributed by atoms with Crippen molar-refractivity contribution in [3.8, 4) is 0 Å². The zero-order valence-electron chi connectivity index (χ0n) is 22.6. The summed E-state index contributed by atoms with van der Waals surface area (Å²) >= 11 is 0. The van der Waals surface area contributed by atoms with Crippen molar-refractivity contribution in [1.82, 2.24) is 0 Å². The Balaban J connectivity index is 3.16. The second-order valence-electron chi connectivity index (χ2n) is 10.6. The van der Waals surface area contributed by atoms with Gasteiger partial charge in [-0.05, 0) is 0 Å². The van der Waals surface area contributed by atoms with Gasteiger partial charge in [0.05, 0.1) is 8.07 Å². The van der Waals surface area contributed by atoms with E-state index in [1.165, 1.54) is 153 Å². The van der Waals surface area contributed by atoms with E-state index in [1.807, 2.05) is 0 Å². The highest BCUT2D eigenvalue weighted by Gasteiger charge is 2.25. The van der Waals surface area contributed by atoms with Crippen molar-refractivity contribution >= 4 is 8.07 Å². The lowest BCUT2D eigenvalue weighted by Crippen LogP contribution is -2.30. The quantitative estimate of drug-likeness (QED) is 0.0905. The van der Waals surface area contributed by atoms with Crippen LogP contribution in [0, 0.1) is 6.92 Å². The molecule has 0 atom stereocenters. The molecule has 0 rings (SSSR count). The van der Waals surface area contributed by atoms with Gasteiger partial charge >= 0.3 is 0 Å². The minimum atomic E-state index is -0.835. The van der Waals surface area contributed by atoms with Gasteiger partial charge in [0.2, 0.25) is 0 Å². The summed E-state index contributed by atoms with van der Waals surface area (Å²) in [6, 6.07) is 6.14. The largest absolute Gasteiger partial charge is 0.0678 e. The van der Waals surface area contributed by atoms with Crippen molar-refractivity contribution in [3.63, 3.8) is 0 Å². The average Bonchev–Trinajstić information content (AvgIpc) is 2.80. The number of unbranched alkanes of at least 4 members (excludes halogenated alkanes) is 21. The topological polar surface area (TPSA) is 0 Å². The molecule has 0 spiro atoms. The van der Waals surface area contributed by atoms with Crippen molar-refractivity contribution in [2.75, 3.05) is 0 Å². The summed E-state index contributed by atoms with van der Waals surface area (Å²) in [4.78, 5) is 0. The first kappa shape index (κ1) is 31.2. The highest BCUT2D eigenvalue weighted by Crippen LogP contribution is 2.27. The molecule has 31 heavy (non-hydrogen) atoms. The molecule has 0 heterocycles. The van der Waals surface area contributed by atoms with Crippen molar-refractivity contribution < 1.29 is 0 Å². The molecule has 0 amide bonds. The smallest absolute Gasteiger partial charge is 0.0527 e. The Morgan fingerprint density at radius 2 is 0.581 bits per heavy atom. The molecule has 0 saturated heterocycles. The summed E-state index contributed by atoms with van der Waals surface area (Å²) in [5, 5.41) is 0. The fourth-order valence-corrected chi connectivity index (χ4v) is 8.88. The van der Waals surface area contributed by atoms with Crippen molar-refractivity contribution in [2.45, 2.75) is 186 Å². The fraction of sp³-hybridized carbons (Fsp3) is 0.967. The molecular formula is C30H63Si. The molecule has 0 aromatic heterocycles. The molecule has 0 aliphatic rings. The maximum Gasteiger partial charge on any atom is 0.0527 e. The third-order valence-corrected chi connectivity index (χ3v) is 14.1. The van der Waals surface area contributed by atoms with E-state index < -0.39 is 8.07 Å². The molecule has 0 unspecified atom stereocenters. The van der Waals surface area contributed by atoms with Gasteiger partial charge in [-0.3, -0.25) is 0 Å². The molecule has 0 aromatic rings. The molecule has 187 valence electrons. The Bertz CT molecular complexity index is 312. The number of rotatable bonds is 26. The van der Waals surface area contributed by atoms with Gasteiger partial charge < -0.3 is 0 Å². The standard InChI is InChI=1S/C30H63Si/c1-5-9-10-11-12-13-14-15-16-17-18-19-20-21-22-23-24-25-26-27-28-29-30-31(6-2,7-3)8-4/h1,5-30H2,2-4H3. The lowest BCUT2D eigenvalue weighted by atomic mass is 10.0. The van der Waals surface area contributed by atoms with Crippen LogP contribution in [0.25, 0.3) is 0 Å². The minimum absolute atomic E-state index is 0.835. The molecule has 0 bridgehead atoms. The zero-order valence-corrected chi connectivity index (χ0v) is 23.6. The third kappa shape index (κ3) is 20.5. The summed E-state index contributed by atoms with van der Waals surface area (Å²) in [6.45, 7) is 11.3. The van der Waals surface area contributed by atoms with Crippen LogP contribution in [0.4, 0.5) is 0 Å². The van der Waals surface area contributed by atoms with E-state index >= 15 is 0 Å². The first-order chi connectivity index (χ1) is 15.2. The first-order valence-corrected chi connectivity index (χ1v) is 17.9. The summed E-state index contributed by atoms with van der Waals surface area (Å²) in [5.41, 5.74) is 0. The SMILES string of the molecule is [CH2]CCCCCCCCCCCCCCCCCCCCCCC[Si](CC)(CC)CC. The van der Waals surface area contributed by atoms with Gasteiger partial charge in [-0.25, -0.2) is 0 Å². The van der Waals surface area contributed by atoms with E-state index in [1.54, 1.807) is 6.04 Å². The molecule has 0 aliphatic carbocycles. The fourth-order valence-electron chi connectivity index (χ4n) is 5.32. The molecule has 0 fully saturated rings. The first-order valence-electron chi connectivity index (χ1n) is 15.0. The summed E-state index contributed by atoms with van der Waals surface area (Å²) in [6.07, 6.45) is 32.1. The zero-order chi connectivity index (χ0) is 22.9. The van der Waals surface area contributed by atoms with E-state index in [-0.39, 0.29) is 0 Å². The molecule has 0 N–H and O–H groups in total. The van der Waals surface area contributed by atoms with Crippen molar-refractivity contribution in [3.05, 3.63) is 6.92 Å². The maximum absolute atomic E-state index is 3.92. The lowest BCUT2D eigenvalue weighted by molar-refractivity contribution is 0.520. The van der Waals surface area contributed by atoms with Crippen LogP contribution in [0.1, 0.15) is 162 Å². The van der Waals surface area contributed by atoms with E-state index in [0.717, 1.165) is 6.42 Å². The predicted octanol–water partition coefficient (Wildman–Crippen LogP) is 11.9. The Morgan fingerprint density at radius 1 is 0.355 bits per heavy atom.